The number of aliphatic hydroxyl groups excluding tert-OH is 1. The summed E-state index contributed by atoms with van der Waals surface area (Å²) in [4.78, 5) is 27.8. The summed E-state index contributed by atoms with van der Waals surface area (Å²) < 4.78 is 16.8. The largest absolute Gasteiger partial charge is 0.507 e. The van der Waals surface area contributed by atoms with E-state index < -0.39 is 17.7 Å². The average molecular weight is 476 g/mol. The molecule has 0 aliphatic carbocycles. The summed E-state index contributed by atoms with van der Waals surface area (Å²) in [6.07, 6.45) is 3.24. The van der Waals surface area contributed by atoms with Crippen LogP contribution in [-0.2, 0) is 16.1 Å². The second kappa shape index (κ2) is 11.0. The maximum Gasteiger partial charge on any atom is 0.296 e. The number of aliphatic hydroxyl groups is 1. The second-order valence-corrected chi connectivity index (χ2v) is 8.30. The van der Waals surface area contributed by atoms with E-state index in [0.717, 1.165) is 12.8 Å². The summed E-state index contributed by atoms with van der Waals surface area (Å²) in [6, 6.07) is 16.7. The van der Waals surface area contributed by atoms with E-state index in [1.807, 2.05) is 32.0 Å². The molecule has 0 saturated carbocycles. The maximum atomic E-state index is 13.2. The fourth-order valence-electron chi connectivity index (χ4n) is 4.04. The fourth-order valence-corrected chi connectivity index (χ4v) is 4.04. The van der Waals surface area contributed by atoms with Crippen molar-refractivity contribution >= 4 is 17.4 Å². The Labute approximate surface area is 204 Å². The first-order valence-corrected chi connectivity index (χ1v) is 11.8. The van der Waals surface area contributed by atoms with Crippen molar-refractivity contribution < 1.29 is 28.6 Å². The van der Waals surface area contributed by atoms with Crippen LogP contribution in [0.4, 0.5) is 0 Å². The summed E-state index contributed by atoms with van der Waals surface area (Å²) >= 11 is 0. The second-order valence-electron chi connectivity index (χ2n) is 8.30. The van der Waals surface area contributed by atoms with Crippen LogP contribution >= 0.6 is 0 Å². The first-order valence-electron chi connectivity index (χ1n) is 11.8. The molecular weight excluding hydrogens is 446 g/mol. The van der Waals surface area contributed by atoms with Crippen molar-refractivity contribution in [3.63, 3.8) is 0 Å². The van der Waals surface area contributed by atoms with Gasteiger partial charge < -0.3 is 23.9 Å². The highest BCUT2D eigenvalue weighted by molar-refractivity contribution is 6.46. The Morgan fingerprint density at radius 1 is 0.943 bits per heavy atom. The first-order chi connectivity index (χ1) is 17.0. The minimum Gasteiger partial charge on any atom is -0.507 e. The van der Waals surface area contributed by atoms with Crippen LogP contribution in [0.3, 0.4) is 0 Å². The molecule has 4 rings (SSSR count). The molecular formula is C28H29NO6. The zero-order valence-electron chi connectivity index (χ0n) is 19.9. The number of nitrogens with zero attached hydrogens (tertiary/aromatic N) is 1. The van der Waals surface area contributed by atoms with E-state index in [-0.39, 0.29) is 17.9 Å². The van der Waals surface area contributed by atoms with Crippen LogP contribution in [0.2, 0.25) is 0 Å². The quantitative estimate of drug-likeness (QED) is 0.237. The van der Waals surface area contributed by atoms with Crippen LogP contribution in [0.5, 0.6) is 11.5 Å². The molecule has 0 spiro atoms. The number of amides is 1. The molecule has 1 aromatic heterocycles. The van der Waals surface area contributed by atoms with E-state index in [4.69, 9.17) is 13.9 Å². The standard InChI is InChI=1S/C28H29NO6/c1-3-14-33-21-12-10-19(11-13-21)26(30)24-25(20-7-5-8-22(17-20)34-15-4-2)29(28(32)27(24)31)18-23-9-6-16-35-23/h5-13,16-17,25,30H,3-4,14-15,18H2,1-2H3. The predicted molar refractivity (Wildman–Crippen MR) is 131 cm³/mol. The molecule has 2 aromatic carbocycles. The Bertz CT molecular complexity index is 1200. The average Bonchev–Trinajstić information content (AvgIpc) is 3.48. The third kappa shape index (κ3) is 5.24. The van der Waals surface area contributed by atoms with E-state index in [1.54, 1.807) is 42.5 Å². The number of rotatable bonds is 10. The number of hydrogen-bond acceptors (Lipinski definition) is 6. The number of carbonyl (C=O) groups excluding carboxylic acids is 2. The molecule has 1 atom stereocenters. The van der Waals surface area contributed by atoms with Crippen molar-refractivity contribution in [3.05, 3.63) is 89.4 Å². The Kier molecular flexibility index (Phi) is 7.55. The molecule has 1 aliphatic heterocycles. The van der Waals surface area contributed by atoms with Crippen LogP contribution in [0.25, 0.3) is 5.76 Å². The monoisotopic (exact) mass is 475 g/mol. The molecule has 2 heterocycles. The van der Waals surface area contributed by atoms with Gasteiger partial charge in [0.2, 0.25) is 0 Å². The molecule has 182 valence electrons. The van der Waals surface area contributed by atoms with Gasteiger partial charge >= 0.3 is 0 Å². The molecule has 1 N–H and O–H groups in total. The van der Waals surface area contributed by atoms with Crippen LogP contribution in [0, 0.1) is 0 Å². The molecule has 0 bridgehead atoms. The molecule has 7 heteroatoms. The van der Waals surface area contributed by atoms with Crippen molar-refractivity contribution in [1.82, 2.24) is 4.90 Å². The van der Waals surface area contributed by atoms with E-state index in [2.05, 4.69) is 0 Å². The van der Waals surface area contributed by atoms with E-state index in [9.17, 15) is 14.7 Å². The van der Waals surface area contributed by atoms with Gasteiger partial charge in [-0.3, -0.25) is 9.59 Å². The summed E-state index contributed by atoms with van der Waals surface area (Å²) in [5, 5.41) is 11.2. The smallest absolute Gasteiger partial charge is 0.296 e. The molecule has 0 radical (unpaired) electrons. The van der Waals surface area contributed by atoms with Crippen LogP contribution in [0.1, 0.15) is 49.6 Å². The van der Waals surface area contributed by atoms with Crippen LogP contribution in [0.15, 0.2) is 76.9 Å². The van der Waals surface area contributed by atoms with Gasteiger partial charge in [-0.15, -0.1) is 0 Å². The summed E-state index contributed by atoms with van der Waals surface area (Å²) in [5.74, 6) is 0.148. The lowest BCUT2D eigenvalue weighted by Crippen LogP contribution is -2.29. The number of ether oxygens (including phenoxy) is 2. The lowest BCUT2D eigenvalue weighted by molar-refractivity contribution is -0.140. The zero-order valence-corrected chi connectivity index (χ0v) is 19.9. The van der Waals surface area contributed by atoms with Crippen molar-refractivity contribution in [2.75, 3.05) is 13.2 Å². The normalized spacial score (nSPS) is 17.1. The van der Waals surface area contributed by atoms with Gasteiger partial charge in [-0.1, -0.05) is 26.0 Å². The lowest BCUT2D eigenvalue weighted by Gasteiger charge is -2.25. The molecule has 1 amide bonds. The van der Waals surface area contributed by atoms with E-state index in [0.29, 0.717) is 41.6 Å². The fraction of sp³-hybridized carbons (Fsp3) is 0.286. The van der Waals surface area contributed by atoms with Gasteiger partial charge in [0, 0.05) is 5.56 Å². The van der Waals surface area contributed by atoms with Gasteiger partial charge in [-0.2, -0.15) is 0 Å². The van der Waals surface area contributed by atoms with Crippen molar-refractivity contribution in [3.8, 4) is 11.5 Å². The van der Waals surface area contributed by atoms with Gasteiger partial charge in [0.25, 0.3) is 11.7 Å². The number of Topliss-reactive ketones (excluding diaryl/α,β-unsaturated/α-hetero) is 1. The number of carbonyl (C=O) groups is 2. The number of likely N-dealkylation sites (tertiary alicyclic amines) is 1. The van der Waals surface area contributed by atoms with Gasteiger partial charge in [-0.05, 0) is 66.9 Å². The molecule has 1 fully saturated rings. The van der Waals surface area contributed by atoms with Gasteiger partial charge in [-0.25, -0.2) is 0 Å². The minimum absolute atomic E-state index is 0.0245. The molecule has 3 aromatic rings. The van der Waals surface area contributed by atoms with Crippen molar-refractivity contribution in [1.29, 1.82) is 0 Å². The van der Waals surface area contributed by atoms with Crippen LogP contribution in [-0.4, -0.2) is 34.9 Å². The highest BCUT2D eigenvalue weighted by Crippen LogP contribution is 2.41. The molecule has 35 heavy (non-hydrogen) atoms. The lowest BCUT2D eigenvalue weighted by atomic mass is 9.95. The van der Waals surface area contributed by atoms with Gasteiger partial charge in [0.1, 0.15) is 23.0 Å². The maximum absolute atomic E-state index is 13.2. The van der Waals surface area contributed by atoms with Crippen molar-refractivity contribution in [2.45, 2.75) is 39.3 Å². The highest BCUT2D eigenvalue weighted by Gasteiger charge is 2.46. The Balaban J connectivity index is 1.77. The van der Waals surface area contributed by atoms with Crippen molar-refractivity contribution in [2.24, 2.45) is 0 Å². The Morgan fingerprint density at radius 3 is 2.31 bits per heavy atom. The van der Waals surface area contributed by atoms with E-state index >= 15 is 0 Å². The summed E-state index contributed by atoms with van der Waals surface area (Å²) in [7, 11) is 0. The topological polar surface area (TPSA) is 89.2 Å². The minimum atomic E-state index is -0.804. The predicted octanol–water partition coefficient (Wildman–Crippen LogP) is 5.48. The SMILES string of the molecule is CCCOc1ccc(C(O)=C2C(=O)C(=O)N(Cc3ccco3)C2c2cccc(OCCC)c2)cc1. The molecule has 1 unspecified atom stereocenters. The summed E-state index contributed by atoms with van der Waals surface area (Å²) in [5.41, 5.74) is 1.11. The number of hydrogen-bond donors (Lipinski definition) is 1. The highest BCUT2D eigenvalue weighted by atomic mass is 16.5. The third-order valence-corrected chi connectivity index (χ3v) is 5.69. The summed E-state index contributed by atoms with van der Waals surface area (Å²) in [6.45, 7) is 5.25. The van der Waals surface area contributed by atoms with E-state index in [1.165, 1.54) is 11.2 Å². The van der Waals surface area contributed by atoms with Crippen LogP contribution < -0.4 is 9.47 Å². The number of ketones is 1. The van der Waals surface area contributed by atoms with Gasteiger partial charge in [0.15, 0.2) is 0 Å². The van der Waals surface area contributed by atoms with Gasteiger partial charge in [0.05, 0.1) is 37.6 Å². The Hall–Kier alpha value is -4.00. The first kappa shape index (κ1) is 24.1. The third-order valence-electron chi connectivity index (χ3n) is 5.69. The molecule has 7 nitrogen and oxygen atoms in total. The Morgan fingerprint density at radius 2 is 1.66 bits per heavy atom. The molecule has 1 saturated heterocycles. The molecule has 1 aliphatic rings. The number of benzene rings is 2. The zero-order chi connectivity index (χ0) is 24.8. The number of furan rings is 1.